The molecule has 2 unspecified atom stereocenters. The summed E-state index contributed by atoms with van der Waals surface area (Å²) in [7, 11) is 0. The van der Waals surface area contributed by atoms with E-state index in [4.69, 9.17) is 0 Å². The summed E-state index contributed by atoms with van der Waals surface area (Å²) >= 11 is 1.53. The Bertz CT molecular complexity index is 955. The lowest BCUT2D eigenvalue weighted by Crippen LogP contribution is -2.26. The summed E-state index contributed by atoms with van der Waals surface area (Å²) in [4.78, 5) is 12.1. The maximum atomic E-state index is 12.9. The first kappa shape index (κ1) is 18.2. The molecule has 1 aromatic carbocycles. The van der Waals surface area contributed by atoms with Crippen LogP contribution in [0, 0.1) is 0 Å². The Kier molecular flexibility index (Phi) is 4.55. The number of fused-ring (bicyclic) bond motifs is 1. The maximum Gasteiger partial charge on any atom is 0.416 e. The Morgan fingerprint density at radius 1 is 1.19 bits per heavy atom. The minimum Gasteiger partial charge on any atom is -0.391 e. The van der Waals surface area contributed by atoms with Crippen molar-refractivity contribution in [3.05, 3.63) is 52.7 Å². The molecule has 3 heterocycles. The van der Waals surface area contributed by atoms with Crippen molar-refractivity contribution in [2.75, 3.05) is 11.4 Å². The van der Waals surface area contributed by atoms with Gasteiger partial charge in [0.1, 0.15) is 16.5 Å². The summed E-state index contributed by atoms with van der Waals surface area (Å²) < 4.78 is 38.6. The first-order valence-corrected chi connectivity index (χ1v) is 9.60. The minimum absolute atomic E-state index is 0.231. The number of hydrogen-bond donors (Lipinski definition) is 1. The molecule has 0 radical (unpaired) electrons. The van der Waals surface area contributed by atoms with Crippen molar-refractivity contribution in [2.24, 2.45) is 0 Å². The summed E-state index contributed by atoms with van der Waals surface area (Å²) in [6.45, 7) is 2.36. The lowest BCUT2D eigenvalue weighted by atomic mass is 10.0. The molecule has 3 aromatic rings. The van der Waals surface area contributed by atoms with Gasteiger partial charge < -0.3 is 10.0 Å². The van der Waals surface area contributed by atoms with Crippen molar-refractivity contribution in [3.8, 4) is 0 Å². The van der Waals surface area contributed by atoms with Gasteiger partial charge in [-0.25, -0.2) is 9.97 Å². The maximum absolute atomic E-state index is 12.9. The second-order valence-electron chi connectivity index (χ2n) is 6.63. The zero-order valence-electron chi connectivity index (χ0n) is 14.6. The van der Waals surface area contributed by atoms with Crippen LogP contribution in [-0.2, 0) is 12.6 Å². The van der Waals surface area contributed by atoms with Crippen molar-refractivity contribution < 1.29 is 18.3 Å². The molecule has 4 nitrogen and oxygen atoms in total. The van der Waals surface area contributed by atoms with Crippen molar-refractivity contribution in [3.63, 3.8) is 0 Å². The van der Waals surface area contributed by atoms with E-state index in [1.165, 1.54) is 23.5 Å². The zero-order valence-corrected chi connectivity index (χ0v) is 15.4. The topological polar surface area (TPSA) is 49.2 Å². The fourth-order valence-electron chi connectivity index (χ4n) is 3.52. The molecule has 0 saturated carbocycles. The summed E-state index contributed by atoms with van der Waals surface area (Å²) in [6.07, 6.45) is -3.80. The zero-order chi connectivity index (χ0) is 19.2. The molecule has 2 atom stereocenters. The number of benzene rings is 1. The van der Waals surface area contributed by atoms with E-state index in [9.17, 15) is 18.3 Å². The average Bonchev–Trinajstić information content (AvgIpc) is 3.26. The van der Waals surface area contributed by atoms with Gasteiger partial charge in [-0.3, -0.25) is 0 Å². The van der Waals surface area contributed by atoms with E-state index in [1.807, 2.05) is 23.3 Å². The molecular formula is C19H18F3N3OS. The van der Waals surface area contributed by atoms with Crippen LogP contribution in [0.25, 0.3) is 10.2 Å². The molecular weight excluding hydrogens is 375 g/mol. The Morgan fingerprint density at radius 3 is 2.59 bits per heavy atom. The third-order valence-electron chi connectivity index (χ3n) is 4.84. The minimum atomic E-state index is -4.36. The highest BCUT2D eigenvalue weighted by atomic mass is 32.1. The third kappa shape index (κ3) is 3.39. The van der Waals surface area contributed by atoms with Gasteiger partial charge in [-0.15, -0.1) is 11.3 Å². The molecule has 142 valence electrons. The fraction of sp³-hybridized carbons (Fsp3) is 0.368. The molecule has 27 heavy (non-hydrogen) atoms. The molecule has 1 aliphatic heterocycles. The van der Waals surface area contributed by atoms with Crippen LogP contribution in [0.1, 0.15) is 36.3 Å². The van der Waals surface area contributed by atoms with Crippen LogP contribution in [0.3, 0.4) is 0 Å². The van der Waals surface area contributed by atoms with Crippen LogP contribution in [0.5, 0.6) is 0 Å². The van der Waals surface area contributed by atoms with Crippen molar-refractivity contribution in [1.29, 1.82) is 0 Å². The highest BCUT2D eigenvalue weighted by Crippen LogP contribution is 2.40. The lowest BCUT2D eigenvalue weighted by Gasteiger charge is -2.27. The van der Waals surface area contributed by atoms with Crippen LogP contribution in [0.15, 0.2) is 35.7 Å². The molecule has 1 fully saturated rings. The van der Waals surface area contributed by atoms with Gasteiger partial charge in [0.15, 0.2) is 0 Å². The van der Waals surface area contributed by atoms with Crippen LogP contribution in [0.2, 0.25) is 0 Å². The van der Waals surface area contributed by atoms with E-state index in [-0.39, 0.29) is 6.04 Å². The van der Waals surface area contributed by atoms with Crippen LogP contribution < -0.4 is 4.90 Å². The highest BCUT2D eigenvalue weighted by Gasteiger charge is 2.35. The molecule has 1 saturated heterocycles. The van der Waals surface area contributed by atoms with Gasteiger partial charge in [0.05, 0.1) is 23.1 Å². The van der Waals surface area contributed by atoms with E-state index in [1.54, 1.807) is 0 Å². The SMILES string of the molecule is CCc1nc(N2CC(O)CC2c2ccc(C(F)(F)F)cc2)c2ccsc2n1. The molecule has 0 aliphatic carbocycles. The monoisotopic (exact) mass is 393 g/mol. The van der Waals surface area contributed by atoms with Gasteiger partial charge >= 0.3 is 6.18 Å². The van der Waals surface area contributed by atoms with E-state index < -0.39 is 17.8 Å². The van der Waals surface area contributed by atoms with E-state index in [2.05, 4.69) is 9.97 Å². The Morgan fingerprint density at radius 2 is 1.93 bits per heavy atom. The van der Waals surface area contributed by atoms with Gasteiger partial charge in [0.25, 0.3) is 0 Å². The van der Waals surface area contributed by atoms with Crippen molar-refractivity contribution in [2.45, 2.75) is 38.1 Å². The number of alkyl halides is 3. The van der Waals surface area contributed by atoms with Gasteiger partial charge in [-0.1, -0.05) is 19.1 Å². The quantitative estimate of drug-likeness (QED) is 0.707. The first-order chi connectivity index (χ1) is 12.9. The third-order valence-corrected chi connectivity index (χ3v) is 5.65. The molecule has 4 rings (SSSR count). The summed E-state index contributed by atoms with van der Waals surface area (Å²) in [5.74, 6) is 1.45. The second kappa shape index (κ2) is 6.76. The molecule has 2 aromatic heterocycles. The lowest BCUT2D eigenvalue weighted by molar-refractivity contribution is -0.137. The van der Waals surface area contributed by atoms with Crippen molar-refractivity contribution >= 4 is 27.4 Å². The molecule has 0 spiro atoms. The Balaban J connectivity index is 1.75. The highest BCUT2D eigenvalue weighted by molar-refractivity contribution is 7.16. The molecule has 0 bridgehead atoms. The van der Waals surface area contributed by atoms with Gasteiger partial charge in [-0.05, 0) is 35.6 Å². The van der Waals surface area contributed by atoms with E-state index in [0.717, 1.165) is 33.7 Å². The Hall–Kier alpha value is -2.19. The summed E-state index contributed by atoms with van der Waals surface area (Å²) in [5, 5.41) is 13.1. The number of aryl methyl sites for hydroxylation is 1. The number of aliphatic hydroxyl groups excluding tert-OH is 1. The van der Waals surface area contributed by atoms with Crippen LogP contribution >= 0.6 is 11.3 Å². The number of nitrogens with zero attached hydrogens (tertiary/aromatic N) is 3. The van der Waals surface area contributed by atoms with E-state index >= 15 is 0 Å². The molecule has 1 aliphatic rings. The largest absolute Gasteiger partial charge is 0.416 e. The number of thiophene rings is 1. The smallest absolute Gasteiger partial charge is 0.391 e. The molecule has 1 N–H and O–H groups in total. The predicted octanol–water partition coefficient (Wildman–Crippen LogP) is 4.58. The number of rotatable bonds is 3. The first-order valence-electron chi connectivity index (χ1n) is 8.72. The number of aliphatic hydroxyl groups is 1. The number of hydrogen-bond acceptors (Lipinski definition) is 5. The average molecular weight is 393 g/mol. The van der Waals surface area contributed by atoms with Crippen LogP contribution in [-0.4, -0.2) is 27.7 Å². The Labute approximate surface area is 158 Å². The fourth-order valence-corrected chi connectivity index (χ4v) is 4.30. The van der Waals surface area contributed by atoms with Gasteiger partial charge in [-0.2, -0.15) is 13.2 Å². The van der Waals surface area contributed by atoms with E-state index in [0.29, 0.717) is 25.2 Å². The van der Waals surface area contributed by atoms with Gasteiger partial charge in [0, 0.05) is 13.0 Å². The van der Waals surface area contributed by atoms with Gasteiger partial charge in [0.2, 0.25) is 0 Å². The normalized spacial score (nSPS) is 20.6. The number of halogens is 3. The number of β-amino-alcohol motifs (C(OH)–C–C–N with tert-alkyl or cyclic N) is 1. The van der Waals surface area contributed by atoms with Crippen molar-refractivity contribution in [1.82, 2.24) is 9.97 Å². The standard InChI is InChI=1S/C19H18F3N3OS/c1-2-16-23-17(14-7-8-27-18(14)24-16)25-10-13(26)9-15(25)11-3-5-12(6-4-11)19(20,21)22/h3-8,13,15,26H,2,9-10H2,1H3. The second-order valence-corrected chi connectivity index (χ2v) is 7.53. The summed E-state index contributed by atoms with van der Waals surface area (Å²) in [6, 6.07) is 6.89. The summed E-state index contributed by atoms with van der Waals surface area (Å²) in [5.41, 5.74) is 0.0615. The number of aromatic nitrogens is 2. The predicted molar refractivity (Wildman–Crippen MR) is 98.9 cm³/mol. The molecule has 8 heteroatoms. The van der Waals surface area contributed by atoms with Crippen LogP contribution in [0.4, 0.5) is 19.0 Å². The molecule has 0 amide bonds. The number of anilines is 1.